The van der Waals surface area contributed by atoms with Gasteiger partial charge in [-0.05, 0) is 62.7 Å². The maximum Gasteiger partial charge on any atom is 0.0810 e. The lowest BCUT2D eigenvalue weighted by Crippen LogP contribution is -2.49. The fourth-order valence-electron chi connectivity index (χ4n) is 4.25. The fraction of sp³-hybridized carbons (Fsp3) is 0.917. The number of rotatable bonds is 2. The molecule has 0 atom stereocenters. The second kappa shape index (κ2) is 2.98. The van der Waals surface area contributed by atoms with E-state index in [9.17, 15) is 0 Å². The highest BCUT2D eigenvalue weighted by Gasteiger charge is 2.48. The maximum atomic E-state index is 5.79. The van der Waals surface area contributed by atoms with E-state index in [1.807, 2.05) is 13.5 Å². The maximum absolute atomic E-state index is 5.79. The van der Waals surface area contributed by atoms with Gasteiger partial charge in [0.25, 0.3) is 0 Å². The van der Waals surface area contributed by atoms with Crippen LogP contribution in [-0.2, 0) is 4.74 Å². The van der Waals surface area contributed by atoms with Crippen LogP contribution in [0.5, 0.6) is 0 Å². The third-order valence-electron chi connectivity index (χ3n) is 4.43. The molecule has 0 aromatic rings. The predicted molar refractivity (Wildman–Crippen MR) is 51.9 cm³/mol. The van der Waals surface area contributed by atoms with E-state index in [1.54, 1.807) is 0 Å². The Balaban J connectivity index is 1.77. The first kappa shape index (κ1) is 8.28. The Hall–Kier alpha value is -0.0400. The summed E-state index contributed by atoms with van der Waals surface area (Å²) in [6.07, 6.45) is 7.99. The van der Waals surface area contributed by atoms with Gasteiger partial charge in [0.1, 0.15) is 0 Å². The zero-order valence-corrected chi connectivity index (χ0v) is 8.41. The van der Waals surface area contributed by atoms with Crippen LogP contribution in [0.15, 0.2) is 0 Å². The molecule has 1 nitrogen and oxygen atoms in total. The number of ether oxygens (including phenoxy) is 1. The summed E-state index contributed by atoms with van der Waals surface area (Å²) in [4.78, 5) is 0. The molecule has 0 N–H and O–H groups in total. The molecule has 0 spiro atoms. The standard InChI is InChI=1S/C12H19O/c1-2-13-12-10-4-8-3-9(6-10)7-11(12)5-8/h2,8-12H,3-7H2,1H3. The molecule has 4 rings (SSSR count). The molecule has 4 bridgehead atoms. The molecule has 4 saturated carbocycles. The van der Waals surface area contributed by atoms with E-state index in [4.69, 9.17) is 4.74 Å². The van der Waals surface area contributed by atoms with Gasteiger partial charge in [-0.1, -0.05) is 0 Å². The summed E-state index contributed by atoms with van der Waals surface area (Å²) >= 11 is 0. The highest BCUT2D eigenvalue weighted by Crippen LogP contribution is 2.54. The number of hydrogen-bond acceptors (Lipinski definition) is 1. The van der Waals surface area contributed by atoms with Gasteiger partial charge in [-0.3, -0.25) is 0 Å². The highest BCUT2D eigenvalue weighted by atomic mass is 16.5. The summed E-state index contributed by atoms with van der Waals surface area (Å²) in [6.45, 7) is 3.93. The molecule has 73 valence electrons. The van der Waals surface area contributed by atoms with Crippen LogP contribution >= 0.6 is 0 Å². The van der Waals surface area contributed by atoms with Gasteiger partial charge in [0.15, 0.2) is 0 Å². The lowest BCUT2D eigenvalue weighted by atomic mass is 9.55. The van der Waals surface area contributed by atoms with E-state index in [0.29, 0.717) is 6.10 Å². The molecule has 0 unspecified atom stereocenters. The van der Waals surface area contributed by atoms with Gasteiger partial charge in [-0.15, -0.1) is 0 Å². The van der Waals surface area contributed by atoms with Crippen LogP contribution in [0.2, 0.25) is 0 Å². The summed E-state index contributed by atoms with van der Waals surface area (Å²) in [5, 5.41) is 0. The summed E-state index contributed by atoms with van der Waals surface area (Å²) in [5.41, 5.74) is 0. The Morgan fingerprint density at radius 1 is 0.923 bits per heavy atom. The van der Waals surface area contributed by atoms with Crippen molar-refractivity contribution in [1.29, 1.82) is 0 Å². The van der Waals surface area contributed by atoms with Crippen LogP contribution < -0.4 is 0 Å². The van der Waals surface area contributed by atoms with Crippen LogP contribution in [0.3, 0.4) is 0 Å². The van der Waals surface area contributed by atoms with E-state index in [0.717, 1.165) is 23.7 Å². The first-order valence-electron chi connectivity index (χ1n) is 5.80. The molecule has 0 aromatic heterocycles. The van der Waals surface area contributed by atoms with Gasteiger partial charge in [0, 0.05) is 0 Å². The predicted octanol–water partition coefficient (Wildman–Crippen LogP) is 3.01. The smallest absolute Gasteiger partial charge is 0.0810 e. The minimum Gasteiger partial charge on any atom is -0.372 e. The lowest BCUT2D eigenvalue weighted by Gasteiger charge is -2.53. The Kier molecular flexibility index (Phi) is 1.90. The van der Waals surface area contributed by atoms with Gasteiger partial charge < -0.3 is 4.74 Å². The average Bonchev–Trinajstić information content (AvgIpc) is 2.10. The van der Waals surface area contributed by atoms with Gasteiger partial charge >= 0.3 is 0 Å². The lowest BCUT2D eigenvalue weighted by molar-refractivity contribution is -0.107. The van der Waals surface area contributed by atoms with E-state index in [2.05, 4.69) is 0 Å². The van der Waals surface area contributed by atoms with Crippen LogP contribution in [0.1, 0.15) is 39.0 Å². The van der Waals surface area contributed by atoms with E-state index < -0.39 is 0 Å². The molecule has 4 fully saturated rings. The molecule has 0 aliphatic heterocycles. The molecule has 1 heteroatoms. The largest absolute Gasteiger partial charge is 0.372 e. The zero-order chi connectivity index (χ0) is 8.84. The van der Waals surface area contributed by atoms with Crippen LogP contribution in [0, 0.1) is 30.3 Å². The SMILES string of the molecule is C[CH]OC1C2CC3CC(C2)CC1C3. The zero-order valence-electron chi connectivity index (χ0n) is 8.41. The third-order valence-corrected chi connectivity index (χ3v) is 4.43. The van der Waals surface area contributed by atoms with Crippen LogP contribution in [0.25, 0.3) is 0 Å². The Morgan fingerprint density at radius 2 is 1.46 bits per heavy atom. The quantitative estimate of drug-likeness (QED) is 0.633. The summed E-state index contributed by atoms with van der Waals surface area (Å²) in [7, 11) is 0. The Labute approximate surface area is 80.8 Å². The highest BCUT2D eigenvalue weighted by molar-refractivity contribution is 4.99. The molecular formula is C12H19O. The normalized spacial score (nSPS) is 52.8. The molecule has 0 aromatic carbocycles. The van der Waals surface area contributed by atoms with Crippen molar-refractivity contribution in [3.63, 3.8) is 0 Å². The van der Waals surface area contributed by atoms with Gasteiger partial charge in [-0.25, -0.2) is 0 Å². The van der Waals surface area contributed by atoms with Crippen molar-refractivity contribution in [3.05, 3.63) is 6.61 Å². The van der Waals surface area contributed by atoms with Crippen LogP contribution in [0.4, 0.5) is 0 Å². The van der Waals surface area contributed by atoms with Crippen molar-refractivity contribution in [2.45, 2.75) is 45.1 Å². The second-order valence-corrected chi connectivity index (χ2v) is 5.27. The first-order valence-corrected chi connectivity index (χ1v) is 5.80. The van der Waals surface area contributed by atoms with Gasteiger partial charge in [0.05, 0.1) is 12.7 Å². The summed E-state index contributed by atoms with van der Waals surface area (Å²) in [5.74, 6) is 3.96. The van der Waals surface area contributed by atoms with Crippen molar-refractivity contribution in [1.82, 2.24) is 0 Å². The topological polar surface area (TPSA) is 9.23 Å². The third kappa shape index (κ3) is 1.24. The first-order chi connectivity index (χ1) is 6.36. The molecular weight excluding hydrogens is 160 g/mol. The van der Waals surface area contributed by atoms with Gasteiger partial charge in [-0.2, -0.15) is 0 Å². The molecule has 13 heavy (non-hydrogen) atoms. The van der Waals surface area contributed by atoms with Crippen molar-refractivity contribution < 1.29 is 4.74 Å². The number of hydrogen-bond donors (Lipinski definition) is 0. The van der Waals surface area contributed by atoms with Crippen LogP contribution in [-0.4, -0.2) is 6.10 Å². The Morgan fingerprint density at radius 3 is 1.92 bits per heavy atom. The fourth-order valence-corrected chi connectivity index (χ4v) is 4.25. The summed E-state index contributed by atoms with van der Waals surface area (Å²) < 4.78 is 5.79. The minimum atomic E-state index is 0.595. The molecule has 4 aliphatic carbocycles. The molecule has 1 radical (unpaired) electrons. The molecule has 0 amide bonds. The van der Waals surface area contributed by atoms with Crippen molar-refractivity contribution in [3.8, 4) is 0 Å². The average molecular weight is 179 g/mol. The second-order valence-electron chi connectivity index (χ2n) is 5.27. The Bertz CT molecular complexity index is 171. The van der Waals surface area contributed by atoms with Gasteiger partial charge in [0.2, 0.25) is 0 Å². The van der Waals surface area contributed by atoms with E-state index >= 15 is 0 Å². The van der Waals surface area contributed by atoms with E-state index in [-0.39, 0.29) is 0 Å². The molecule has 0 saturated heterocycles. The van der Waals surface area contributed by atoms with E-state index in [1.165, 1.54) is 32.1 Å². The van der Waals surface area contributed by atoms with Crippen molar-refractivity contribution in [2.75, 3.05) is 0 Å². The van der Waals surface area contributed by atoms with Crippen molar-refractivity contribution >= 4 is 0 Å². The molecule has 0 heterocycles. The molecule has 4 aliphatic rings. The monoisotopic (exact) mass is 179 g/mol. The minimum absolute atomic E-state index is 0.595. The van der Waals surface area contributed by atoms with Crippen molar-refractivity contribution in [2.24, 2.45) is 23.7 Å². The summed E-state index contributed by atoms with van der Waals surface area (Å²) in [6, 6.07) is 0.